The molecule has 1 aliphatic carbocycles. The number of nitrogens with zero attached hydrogens (tertiary/aromatic N) is 2. The van der Waals surface area contributed by atoms with Gasteiger partial charge in [0.1, 0.15) is 6.54 Å². The van der Waals surface area contributed by atoms with Gasteiger partial charge in [-0.3, -0.25) is 18.7 Å². The predicted octanol–water partition coefficient (Wildman–Crippen LogP) is -1.18. The molecule has 0 radical (unpaired) electrons. The van der Waals surface area contributed by atoms with Gasteiger partial charge in [0.25, 0.3) is 5.56 Å². The highest BCUT2D eigenvalue weighted by atomic mass is 16.3. The Balaban J connectivity index is 1.93. The summed E-state index contributed by atoms with van der Waals surface area (Å²) >= 11 is 0. The van der Waals surface area contributed by atoms with Gasteiger partial charge in [-0.25, -0.2) is 4.79 Å². The second-order valence-electron chi connectivity index (χ2n) is 5.19. The monoisotopic (exact) mass is 281 g/mol. The number of hydrogen-bond acceptors (Lipinski definition) is 4. The van der Waals surface area contributed by atoms with E-state index in [1.807, 2.05) is 0 Å². The average molecular weight is 281 g/mol. The molecular formula is C13H19N3O4. The molecule has 2 atom stereocenters. The molecule has 1 aromatic heterocycles. The van der Waals surface area contributed by atoms with Crippen molar-refractivity contribution in [3.63, 3.8) is 0 Å². The van der Waals surface area contributed by atoms with Crippen LogP contribution in [0.4, 0.5) is 0 Å². The van der Waals surface area contributed by atoms with Crippen molar-refractivity contribution in [3.8, 4) is 0 Å². The second-order valence-corrected chi connectivity index (χ2v) is 5.19. The Kier molecular flexibility index (Phi) is 4.39. The van der Waals surface area contributed by atoms with Crippen LogP contribution in [0.25, 0.3) is 0 Å². The molecule has 0 bridgehead atoms. The number of carbonyl (C=O) groups excluding carboxylic acids is 1. The van der Waals surface area contributed by atoms with E-state index in [0.717, 1.165) is 23.8 Å². The average Bonchev–Trinajstić information content (AvgIpc) is 2.83. The largest absolute Gasteiger partial charge is 0.393 e. The third kappa shape index (κ3) is 3.16. The lowest BCUT2D eigenvalue weighted by Gasteiger charge is -2.15. The van der Waals surface area contributed by atoms with Crippen LogP contribution in [-0.4, -0.2) is 32.8 Å². The molecule has 2 rings (SSSR count). The summed E-state index contributed by atoms with van der Waals surface area (Å²) in [4.78, 5) is 34.8. The van der Waals surface area contributed by atoms with Gasteiger partial charge in [0.15, 0.2) is 0 Å². The predicted molar refractivity (Wildman–Crippen MR) is 72.3 cm³/mol. The lowest BCUT2D eigenvalue weighted by Crippen LogP contribution is -2.41. The summed E-state index contributed by atoms with van der Waals surface area (Å²) in [7, 11) is 1.37. The Labute approximate surface area is 115 Å². The summed E-state index contributed by atoms with van der Waals surface area (Å²) in [6, 6.07) is 1.25. The first-order valence-corrected chi connectivity index (χ1v) is 6.70. The Morgan fingerprint density at radius 1 is 1.45 bits per heavy atom. The van der Waals surface area contributed by atoms with Crippen molar-refractivity contribution in [1.29, 1.82) is 0 Å². The minimum Gasteiger partial charge on any atom is -0.393 e. The van der Waals surface area contributed by atoms with Crippen molar-refractivity contribution in [2.75, 3.05) is 6.54 Å². The molecule has 110 valence electrons. The maximum absolute atomic E-state index is 11.8. The van der Waals surface area contributed by atoms with Gasteiger partial charge in [-0.1, -0.05) is 6.42 Å². The van der Waals surface area contributed by atoms with Crippen LogP contribution in [0.2, 0.25) is 0 Å². The summed E-state index contributed by atoms with van der Waals surface area (Å²) in [5, 5.41) is 12.4. The molecule has 1 fully saturated rings. The van der Waals surface area contributed by atoms with E-state index in [9.17, 15) is 19.5 Å². The smallest absolute Gasteiger partial charge is 0.331 e. The van der Waals surface area contributed by atoms with E-state index >= 15 is 0 Å². The Morgan fingerprint density at radius 3 is 2.85 bits per heavy atom. The van der Waals surface area contributed by atoms with Crippen LogP contribution in [0.1, 0.15) is 19.3 Å². The molecule has 1 saturated carbocycles. The molecule has 7 heteroatoms. The molecule has 2 unspecified atom stereocenters. The molecular weight excluding hydrogens is 262 g/mol. The summed E-state index contributed by atoms with van der Waals surface area (Å²) in [5.41, 5.74) is -0.922. The van der Waals surface area contributed by atoms with E-state index in [-0.39, 0.29) is 24.5 Å². The Bertz CT molecular complexity index is 604. The number of aliphatic hydroxyl groups excluding tert-OH is 1. The van der Waals surface area contributed by atoms with Gasteiger partial charge >= 0.3 is 5.69 Å². The van der Waals surface area contributed by atoms with Crippen LogP contribution in [0.5, 0.6) is 0 Å². The number of amides is 1. The topological polar surface area (TPSA) is 93.3 Å². The second kappa shape index (κ2) is 6.04. The summed E-state index contributed by atoms with van der Waals surface area (Å²) < 4.78 is 2.13. The van der Waals surface area contributed by atoms with Crippen molar-refractivity contribution >= 4 is 5.91 Å². The van der Waals surface area contributed by atoms with Crippen LogP contribution < -0.4 is 16.6 Å². The molecule has 0 aromatic carbocycles. The van der Waals surface area contributed by atoms with Crippen molar-refractivity contribution in [1.82, 2.24) is 14.5 Å². The lowest BCUT2D eigenvalue weighted by atomic mass is 10.1. The van der Waals surface area contributed by atoms with Gasteiger partial charge in [-0.05, 0) is 12.8 Å². The van der Waals surface area contributed by atoms with Crippen molar-refractivity contribution in [3.05, 3.63) is 33.1 Å². The first-order chi connectivity index (χ1) is 9.49. The highest BCUT2D eigenvalue weighted by Gasteiger charge is 2.25. The Hall–Kier alpha value is -1.89. The fraction of sp³-hybridized carbons (Fsp3) is 0.615. The number of rotatable bonds is 4. The molecule has 0 saturated heterocycles. The fourth-order valence-electron chi connectivity index (χ4n) is 2.45. The van der Waals surface area contributed by atoms with E-state index in [2.05, 4.69) is 5.32 Å². The van der Waals surface area contributed by atoms with E-state index in [1.165, 1.54) is 23.9 Å². The highest BCUT2D eigenvalue weighted by molar-refractivity contribution is 5.75. The first-order valence-electron chi connectivity index (χ1n) is 6.70. The number of aromatic nitrogens is 2. The maximum atomic E-state index is 11.8. The zero-order chi connectivity index (χ0) is 14.7. The Morgan fingerprint density at radius 2 is 2.20 bits per heavy atom. The van der Waals surface area contributed by atoms with Gasteiger partial charge in [0.05, 0.1) is 6.10 Å². The van der Waals surface area contributed by atoms with Crippen LogP contribution in [0.3, 0.4) is 0 Å². The standard InChI is InChI=1S/C13H19N3O4/c1-15-12(19)5-6-16(13(15)20)8-11(18)14-7-9-3-2-4-10(9)17/h5-6,9-10,17H,2-4,7-8H2,1H3,(H,14,18). The van der Waals surface area contributed by atoms with Gasteiger partial charge in [-0.2, -0.15) is 0 Å². The van der Waals surface area contributed by atoms with Crippen LogP contribution >= 0.6 is 0 Å². The SMILES string of the molecule is Cn1c(=O)ccn(CC(=O)NCC2CCCC2O)c1=O. The third-order valence-corrected chi connectivity index (χ3v) is 3.75. The first kappa shape index (κ1) is 14.5. The minimum absolute atomic E-state index is 0.0933. The zero-order valence-corrected chi connectivity index (χ0v) is 11.4. The fourth-order valence-corrected chi connectivity index (χ4v) is 2.45. The van der Waals surface area contributed by atoms with Gasteiger partial charge in [0, 0.05) is 31.8 Å². The number of hydrogen-bond donors (Lipinski definition) is 2. The molecule has 0 spiro atoms. The lowest BCUT2D eigenvalue weighted by molar-refractivity contribution is -0.122. The van der Waals surface area contributed by atoms with E-state index in [1.54, 1.807) is 0 Å². The molecule has 1 aromatic rings. The van der Waals surface area contributed by atoms with Crippen LogP contribution in [-0.2, 0) is 18.4 Å². The number of nitrogens with one attached hydrogen (secondary N) is 1. The van der Waals surface area contributed by atoms with Crippen LogP contribution in [0.15, 0.2) is 21.9 Å². The highest BCUT2D eigenvalue weighted by Crippen LogP contribution is 2.24. The van der Waals surface area contributed by atoms with Crippen molar-refractivity contribution < 1.29 is 9.90 Å². The minimum atomic E-state index is -0.520. The zero-order valence-electron chi connectivity index (χ0n) is 11.4. The van der Waals surface area contributed by atoms with Crippen LogP contribution in [0, 0.1) is 5.92 Å². The molecule has 20 heavy (non-hydrogen) atoms. The molecule has 2 N–H and O–H groups in total. The van der Waals surface area contributed by atoms with E-state index < -0.39 is 11.2 Å². The molecule has 1 heterocycles. The maximum Gasteiger partial charge on any atom is 0.331 e. The number of aliphatic hydroxyl groups is 1. The van der Waals surface area contributed by atoms with Gasteiger partial charge < -0.3 is 10.4 Å². The van der Waals surface area contributed by atoms with E-state index in [0.29, 0.717) is 6.54 Å². The summed E-state index contributed by atoms with van der Waals surface area (Å²) in [6.45, 7) is 0.288. The molecule has 1 aliphatic rings. The van der Waals surface area contributed by atoms with Crippen molar-refractivity contribution in [2.45, 2.75) is 31.9 Å². The molecule has 0 aliphatic heterocycles. The van der Waals surface area contributed by atoms with Gasteiger partial charge in [0.2, 0.25) is 5.91 Å². The van der Waals surface area contributed by atoms with Crippen molar-refractivity contribution in [2.24, 2.45) is 13.0 Å². The van der Waals surface area contributed by atoms with E-state index in [4.69, 9.17) is 0 Å². The molecule has 7 nitrogen and oxygen atoms in total. The molecule has 1 amide bonds. The normalized spacial score (nSPS) is 21.9. The summed E-state index contributed by atoms with van der Waals surface area (Å²) in [5.74, 6) is -0.208. The summed E-state index contributed by atoms with van der Waals surface area (Å²) in [6.07, 6.45) is 3.62. The third-order valence-electron chi connectivity index (χ3n) is 3.75. The quantitative estimate of drug-likeness (QED) is 0.727. The number of carbonyl (C=O) groups is 1. The van der Waals surface area contributed by atoms with Gasteiger partial charge in [-0.15, -0.1) is 0 Å².